The fourth-order valence-electron chi connectivity index (χ4n) is 4.83. The highest BCUT2D eigenvalue weighted by Crippen LogP contribution is 2.34. The lowest BCUT2D eigenvalue weighted by atomic mass is 10.0. The van der Waals surface area contributed by atoms with Gasteiger partial charge in [0.05, 0.1) is 52.9 Å². The molecular weight excluding hydrogens is 517 g/mol. The molecule has 0 spiro atoms. The summed E-state index contributed by atoms with van der Waals surface area (Å²) in [5.41, 5.74) is -0.159. The van der Waals surface area contributed by atoms with Crippen LogP contribution in [0.3, 0.4) is 0 Å². The number of nitriles is 1. The Morgan fingerprint density at radius 3 is 2.75 bits per heavy atom. The number of pyridine rings is 1. The van der Waals surface area contributed by atoms with E-state index in [1.807, 2.05) is 11.0 Å². The lowest BCUT2D eigenvalue weighted by Crippen LogP contribution is -2.45. The highest BCUT2D eigenvalue weighted by Gasteiger charge is 2.39. The molecule has 4 heterocycles. The van der Waals surface area contributed by atoms with Crippen LogP contribution in [0.1, 0.15) is 48.8 Å². The van der Waals surface area contributed by atoms with Crippen molar-refractivity contribution in [3.05, 3.63) is 70.6 Å². The molecule has 0 bridgehead atoms. The van der Waals surface area contributed by atoms with Gasteiger partial charge in [-0.2, -0.15) is 10.4 Å². The van der Waals surface area contributed by atoms with Gasteiger partial charge in [0.15, 0.2) is 5.82 Å². The minimum Gasteiger partial charge on any atom is -0.443 e. The third-order valence-corrected chi connectivity index (χ3v) is 6.70. The molecule has 0 unspecified atom stereocenters. The number of aliphatic hydroxyl groups is 1. The van der Waals surface area contributed by atoms with Crippen LogP contribution in [0, 0.1) is 23.7 Å². The van der Waals surface area contributed by atoms with E-state index in [0.717, 1.165) is 4.90 Å². The number of β-amino-alcohol motifs (C(OH)–C–C–N with tert-alkyl or cyclic N) is 1. The zero-order valence-electron chi connectivity index (χ0n) is 22.1. The van der Waals surface area contributed by atoms with Gasteiger partial charge in [0.1, 0.15) is 17.5 Å². The van der Waals surface area contributed by atoms with Crippen molar-refractivity contribution in [3.8, 4) is 23.0 Å². The first-order valence-electron chi connectivity index (χ1n) is 12.6. The van der Waals surface area contributed by atoms with E-state index in [4.69, 9.17) is 11.3 Å². The van der Waals surface area contributed by atoms with E-state index in [0.29, 0.717) is 18.8 Å². The van der Waals surface area contributed by atoms with E-state index in [2.05, 4.69) is 14.9 Å². The lowest BCUT2D eigenvalue weighted by molar-refractivity contribution is 0.0247. The maximum Gasteiger partial charge on any atom is 0.417 e. The zero-order chi connectivity index (χ0) is 28.8. The number of carbonyl (C=O) groups excluding carboxylic acids is 2. The summed E-state index contributed by atoms with van der Waals surface area (Å²) >= 11 is 0. The first kappa shape index (κ1) is 26.8. The third kappa shape index (κ3) is 4.85. The number of imide groups is 1. The van der Waals surface area contributed by atoms with Gasteiger partial charge in [0, 0.05) is 25.2 Å². The Hall–Kier alpha value is -4.81. The number of rotatable bonds is 3. The maximum absolute atomic E-state index is 15.0. The van der Waals surface area contributed by atoms with Gasteiger partial charge in [0.2, 0.25) is 0 Å². The van der Waals surface area contributed by atoms with Crippen LogP contribution in [-0.2, 0) is 11.3 Å². The smallest absolute Gasteiger partial charge is 0.417 e. The molecule has 2 atom stereocenters. The number of hydrogen-bond donors (Lipinski definition) is 1. The molecule has 5 rings (SSSR count). The standard InChI is InChI=1S/C28H26FN7O4/c1-28(2,3)40-27(39)35-14-20-25(26(35)38)21(12-19(32-20)24-16(13-30)6-5-7-17(24)29)36-11-9-23(33-36)34-10-8-18(31-4)22(37)15-34/h5-7,9,11-12,18,22,37H,8,10,14-15H2,1-3H3/t18-,22-/m0/s1. The second-order valence-electron chi connectivity index (χ2n) is 10.6. The number of aliphatic hydroxyl groups excluding tert-OH is 1. The second-order valence-corrected chi connectivity index (χ2v) is 10.6. The van der Waals surface area contributed by atoms with Gasteiger partial charge in [-0.1, -0.05) is 6.07 Å². The van der Waals surface area contributed by atoms with Crippen molar-refractivity contribution in [1.82, 2.24) is 19.7 Å². The normalized spacial score (nSPS) is 18.7. The molecule has 11 nitrogen and oxygen atoms in total. The van der Waals surface area contributed by atoms with Crippen LogP contribution in [0.4, 0.5) is 15.0 Å². The molecule has 1 saturated heterocycles. The number of hydrogen-bond acceptors (Lipinski definition) is 8. The van der Waals surface area contributed by atoms with Crippen molar-refractivity contribution >= 4 is 17.8 Å². The number of fused-ring (bicyclic) bond motifs is 1. The summed E-state index contributed by atoms with van der Waals surface area (Å²) in [5.74, 6) is -0.797. The molecule has 0 radical (unpaired) electrons. The van der Waals surface area contributed by atoms with Crippen molar-refractivity contribution in [1.29, 1.82) is 5.26 Å². The Labute approximate surface area is 229 Å². The molecule has 3 aromatic rings. The fourth-order valence-corrected chi connectivity index (χ4v) is 4.83. The summed E-state index contributed by atoms with van der Waals surface area (Å²) < 4.78 is 21.8. The summed E-state index contributed by atoms with van der Waals surface area (Å²) in [6, 6.07) is 8.77. The molecular formula is C28H26FN7O4. The lowest BCUT2D eigenvalue weighted by Gasteiger charge is -2.30. The molecule has 0 aliphatic carbocycles. The topological polar surface area (TPSA) is 129 Å². The Bertz CT molecular complexity index is 1600. The van der Waals surface area contributed by atoms with E-state index in [9.17, 15) is 20.0 Å². The van der Waals surface area contributed by atoms with Crippen LogP contribution in [0.15, 0.2) is 36.5 Å². The Kier molecular flexibility index (Phi) is 6.74. The average molecular weight is 544 g/mol. The van der Waals surface area contributed by atoms with Gasteiger partial charge in [0.25, 0.3) is 11.9 Å². The summed E-state index contributed by atoms with van der Waals surface area (Å²) in [6.07, 6.45) is 0.407. The van der Waals surface area contributed by atoms with Crippen molar-refractivity contribution in [2.45, 2.75) is 51.5 Å². The molecule has 204 valence electrons. The monoisotopic (exact) mass is 543 g/mol. The van der Waals surface area contributed by atoms with Gasteiger partial charge in [-0.15, -0.1) is 0 Å². The Morgan fingerprint density at radius 1 is 1.30 bits per heavy atom. The molecule has 0 saturated carbocycles. The summed E-state index contributed by atoms with van der Waals surface area (Å²) in [5, 5.41) is 24.6. The number of anilines is 1. The van der Waals surface area contributed by atoms with E-state index in [1.54, 1.807) is 33.0 Å². The summed E-state index contributed by atoms with van der Waals surface area (Å²) in [4.78, 5) is 37.1. The summed E-state index contributed by atoms with van der Waals surface area (Å²) in [7, 11) is 0. The van der Waals surface area contributed by atoms with E-state index in [1.165, 1.54) is 28.9 Å². The SMILES string of the molecule is [C-]#[N+][C@H]1CCN(c2ccn(-c3cc(-c4c(F)cccc4C#N)nc4c3C(=O)N(C(=O)OC(C)(C)C)C4)n2)C[C@@H]1O. The van der Waals surface area contributed by atoms with Crippen LogP contribution in [0.5, 0.6) is 0 Å². The van der Waals surface area contributed by atoms with Crippen molar-refractivity contribution in [2.75, 3.05) is 18.0 Å². The van der Waals surface area contributed by atoms with Crippen LogP contribution < -0.4 is 4.90 Å². The number of carbonyl (C=O) groups is 2. The molecule has 2 aliphatic rings. The number of amides is 2. The fraction of sp³-hybridized carbons (Fsp3) is 0.357. The Morgan fingerprint density at radius 2 is 2.08 bits per heavy atom. The Balaban J connectivity index is 1.60. The van der Waals surface area contributed by atoms with Crippen LogP contribution in [-0.4, -0.2) is 67.6 Å². The van der Waals surface area contributed by atoms with E-state index in [-0.39, 0.29) is 46.9 Å². The zero-order valence-corrected chi connectivity index (χ0v) is 22.1. The van der Waals surface area contributed by atoms with Crippen molar-refractivity contribution in [3.63, 3.8) is 0 Å². The predicted octanol–water partition coefficient (Wildman–Crippen LogP) is 3.69. The average Bonchev–Trinajstić information content (AvgIpc) is 3.52. The number of aromatic nitrogens is 3. The first-order valence-corrected chi connectivity index (χ1v) is 12.6. The van der Waals surface area contributed by atoms with Gasteiger partial charge in [-0.25, -0.2) is 30.3 Å². The number of benzene rings is 1. The number of halogens is 1. The molecule has 1 aromatic carbocycles. The van der Waals surface area contributed by atoms with Crippen LogP contribution in [0.25, 0.3) is 21.8 Å². The molecule has 1 fully saturated rings. The highest BCUT2D eigenvalue weighted by atomic mass is 19.1. The number of ether oxygens (including phenoxy) is 1. The van der Waals surface area contributed by atoms with E-state index >= 15 is 4.39 Å². The highest BCUT2D eigenvalue weighted by molar-refractivity contribution is 6.08. The molecule has 1 N–H and O–H groups in total. The van der Waals surface area contributed by atoms with Gasteiger partial charge in [-0.3, -0.25) is 4.79 Å². The maximum atomic E-state index is 15.0. The van der Waals surface area contributed by atoms with E-state index < -0.39 is 35.6 Å². The number of piperidine rings is 1. The third-order valence-electron chi connectivity index (χ3n) is 6.70. The van der Waals surface area contributed by atoms with Crippen LogP contribution >= 0.6 is 0 Å². The molecule has 40 heavy (non-hydrogen) atoms. The van der Waals surface area contributed by atoms with Gasteiger partial charge in [-0.05, 0) is 39.0 Å². The summed E-state index contributed by atoms with van der Waals surface area (Å²) in [6.45, 7) is 12.8. The molecule has 2 aromatic heterocycles. The van der Waals surface area contributed by atoms with Crippen molar-refractivity contribution < 1.29 is 23.8 Å². The quantitative estimate of drug-likeness (QED) is 0.495. The van der Waals surface area contributed by atoms with Crippen LogP contribution in [0.2, 0.25) is 0 Å². The largest absolute Gasteiger partial charge is 0.443 e. The minimum absolute atomic E-state index is 0.0334. The molecule has 2 aliphatic heterocycles. The minimum atomic E-state index is -0.843. The number of nitrogens with zero attached hydrogens (tertiary/aromatic N) is 7. The molecule has 2 amide bonds. The van der Waals surface area contributed by atoms with Crippen molar-refractivity contribution in [2.24, 2.45) is 0 Å². The van der Waals surface area contributed by atoms with Gasteiger partial charge >= 0.3 is 6.09 Å². The molecule has 12 heteroatoms. The van der Waals surface area contributed by atoms with Gasteiger partial charge < -0.3 is 19.6 Å². The second kappa shape index (κ2) is 10.1. The first-order chi connectivity index (χ1) is 19.0. The predicted molar refractivity (Wildman–Crippen MR) is 141 cm³/mol.